The Balaban J connectivity index is 1.37. The zero-order valence-corrected chi connectivity index (χ0v) is 16.5. The van der Waals surface area contributed by atoms with Gasteiger partial charge in [0.1, 0.15) is 12.4 Å². The molecule has 0 atom stereocenters. The number of para-hydroxylation sites is 1. The Labute approximate surface area is 164 Å². The van der Waals surface area contributed by atoms with Crippen LogP contribution in [0, 0.1) is 0 Å². The number of ether oxygens (including phenoxy) is 1. The Morgan fingerprint density at radius 3 is 2.77 bits per heavy atom. The molecule has 1 aliphatic rings. The summed E-state index contributed by atoms with van der Waals surface area (Å²) in [5.74, 6) is 1.53. The minimum Gasteiger partial charge on any atom is -0.490 e. The third kappa shape index (κ3) is 5.29. The minimum atomic E-state index is 0.446. The highest BCUT2D eigenvalue weighted by molar-refractivity contribution is 7.14. The lowest BCUT2D eigenvalue weighted by Gasteiger charge is -2.33. The molecule has 1 aromatic carbocycles. The Bertz CT molecular complexity index is 699. The molecule has 0 saturated carbocycles. The zero-order valence-electron chi connectivity index (χ0n) is 15.0. The number of hydrogen-bond donors (Lipinski definition) is 2. The number of hydrogen-bond acceptors (Lipinski definition) is 4. The van der Waals surface area contributed by atoms with E-state index in [4.69, 9.17) is 16.3 Å². The lowest BCUT2D eigenvalue weighted by Crippen LogP contribution is -2.49. The molecule has 2 heterocycles. The second kappa shape index (κ2) is 9.69. The predicted octanol–water partition coefficient (Wildman–Crippen LogP) is 3.61. The summed E-state index contributed by atoms with van der Waals surface area (Å²) >= 11 is 7.89. The van der Waals surface area contributed by atoms with Crippen LogP contribution in [0.15, 0.2) is 46.8 Å². The molecule has 0 spiro atoms. The van der Waals surface area contributed by atoms with Crippen LogP contribution in [0.25, 0.3) is 0 Å². The standard InChI is InChI=1S/C19H25ClN4OS/c1-21-19(22-10-13-25-17-6-3-2-5-16(17)20)23-15-8-11-24(12-9-15)18-7-4-14-26-18/h2-7,14-15H,8-13H2,1H3,(H2,21,22,23). The summed E-state index contributed by atoms with van der Waals surface area (Å²) in [4.78, 5) is 6.77. The Morgan fingerprint density at radius 2 is 2.08 bits per heavy atom. The number of nitrogens with zero attached hydrogens (tertiary/aromatic N) is 2. The largest absolute Gasteiger partial charge is 0.490 e. The monoisotopic (exact) mass is 392 g/mol. The SMILES string of the molecule is CN=C(NCCOc1ccccc1Cl)NC1CCN(c2cccs2)CC1. The normalized spacial score (nSPS) is 15.8. The topological polar surface area (TPSA) is 48.9 Å². The van der Waals surface area contributed by atoms with E-state index in [0.29, 0.717) is 30.0 Å². The fourth-order valence-electron chi connectivity index (χ4n) is 2.97. The van der Waals surface area contributed by atoms with Crippen LogP contribution >= 0.6 is 22.9 Å². The van der Waals surface area contributed by atoms with Gasteiger partial charge in [-0.2, -0.15) is 0 Å². The molecule has 1 aromatic heterocycles. The van der Waals surface area contributed by atoms with E-state index in [2.05, 4.69) is 38.0 Å². The van der Waals surface area contributed by atoms with Gasteiger partial charge in [-0.3, -0.25) is 4.99 Å². The van der Waals surface area contributed by atoms with E-state index in [-0.39, 0.29) is 0 Å². The van der Waals surface area contributed by atoms with Crippen molar-refractivity contribution in [1.82, 2.24) is 10.6 Å². The third-order valence-corrected chi connectivity index (χ3v) is 5.61. The van der Waals surface area contributed by atoms with E-state index in [1.54, 1.807) is 7.05 Å². The molecule has 0 unspecified atom stereocenters. The molecule has 3 rings (SSSR count). The first kappa shape index (κ1) is 18.9. The lowest BCUT2D eigenvalue weighted by atomic mass is 10.1. The van der Waals surface area contributed by atoms with Crippen LogP contribution in [0.1, 0.15) is 12.8 Å². The average Bonchev–Trinajstić information content (AvgIpc) is 3.21. The Hall–Kier alpha value is -1.92. The molecule has 140 valence electrons. The summed E-state index contributed by atoms with van der Waals surface area (Å²) in [7, 11) is 1.80. The Morgan fingerprint density at radius 1 is 1.27 bits per heavy atom. The van der Waals surface area contributed by atoms with Crippen molar-refractivity contribution in [3.8, 4) is 5.75 Å². The van der Waals surface area contributed by atoms with Gasteiger partial charge >= 0.3 is 0 Å². The second-order valence-electron chi connectivity index (χ2n) is 6.13. The van der Waals surface area contributed by atoms with Crippen LogP contribution in [0.3, 0.4) is 0 Å². The van der Waals surface area contributed by atoms with Crippen LogP contribution in [0.5, 0.6) is 5.75 Å². The van der Waals surface area contributed by atoms with Gasteiger partial charge in [-0.15, -0.1) is 11.3 Å². The zero-order chi connectivity index (χ0) is 18.2. The van der Waals surface area contributed by atoms with Crippen molar-refractivity contribution in [2.45, 2.75) is 18.9 Å². The highest BCUT2D eigenvalue weighted by Crippen LogP contribution is 2.25. The summed E-state index contributed by atoms with van der Waals surface area (Å²) in [6, 6.07) is 12.3. The lowest BCUT2D eigenvalue weighted by molar-refractivity contribution is 0.321. The molecule has 0 bridgehead atoms. The van der Waals surface area contributed by atoms with Gasteiger partial charge < -0.3 is 20.3 Å². The number of benzene rings is 1. The fraction of sp³-hybridized carbons (Fsp3) is 0.421. The van der Waals surface area contributed by atoms with Gasteiger partial charge in [-0.25, -0.2) is 0 Å². The first-order chi connectivity index (χ1) is 12.8. The van der Waals surface area contributed by atoms with E-state index < -0.39 is 0 Å². The summed E-state index contributed by atoms with van der Waals surface area (Å²) in [5.41, 5.74) is 0. The van der Waals surface area contributed by atoms with Crippen LogP contribution in [0.4, 0.5) is 5.00 Å². The molecule has 2 aromatic rings. The highest BCUT2D eigenvalue weighted by atomic mass is 35.5. The number of thiophene rings is 1. The van der Waals surface area contributed by atoms with Gasteiger partial charge in [-0.05, 0) is 42.5 Å². The van der Waals surface area contributed by atoms with E-state index in [1.165, 1.54) is 5.00 Å². The average molecular weight is 393 g/mol. The number of halogens is 1. The maximum Gasteiger partial charge on any atom is 0.191 e. The number of piperidine rings is 1. The number of rotatable bonds is 6. The summed E-state index contributed by atoms with van der Waals surface area (Å²) in [6.45, 7) is 3.34. The van der Waals surface area contributed by atoms with Crippen molar-refractivity contribution in [3.05, 3.63) is 46.8 Å². The van der Waals surface area contributed by atoms with Crippen LogP contribution in [0.2, 0.25) is 5.02 Å². The molecule has 0 radical (unpaired) electrons. The molecule has 26 heavy (non-hydrogen) atoms. The maximum atomic E-state index is 6.09. The van der Waals surface area contributed by atoms with Crippen molar-refractivity contribution in [1.29, 1.82) is 0 Å². The van der Waals surface area contributed by atoms with Gasteiger partial charge in [0.25, 0.3) is 0 Å². The van der Waals surface area contributed by atoms with Crippen molar-refractivity contribution in [2.24, 2.45) is 4.99 Å². The smallest absolute Gasteiger partial charge is 0.191 e. The minimum absolute atomic E-state index is 0.446. The molecular formula is C19H25ClN4OS. The molecule has 5 nitrogen and oxygen atoms in total. The van der Waals surface area contributed by atoms with Crippen molar-refractivity contribution >= 4 is 33.9 Å². The van der Waals surface area contributed by atoms with E-state index in [0.717, 1.165) is 31.9 Å². The number of nitrogens with one attached hydrogen (secondary N) is 2. The molecular weight excluding hydrogens is 368 g/mol. The van der Waals surface area contributed by atoms with Crippen LogP contribution in [-0.4, -0.2) is 45.3 Å². The first-order valence-electron chi connectivity index (χ1n) is 8.89. The second-order valence-corrected chi connectivity index (χ2v) is 7.47. The molecule has 1 saturated heterocycles. The first-order valence-corrected chi connectivity index (χ1v) is 10.1. The van der Waals surface area contributed by atoms with Gasteiger partial charge in [0.2, 0.25) is 0 Å². The summed E-state index contributed by atoms with van der Waals surface area (Å²) in [6.07, 6.45) is 2.21. The molecule has 2 N–H and O–H groups in total. The van der Waals surface area contributed by atoms with E-state index in [1.807, 2.05) is 35.6 Å². The molecule has 0 amide bonds. The number of guanidine groups is 1. The van der Waals surface area contributed by atoms with Crippen molar-refractivity contribution < 1.29 is 4.74 Å². The van der Waals surface area contributed by atoms with Crippen molar-refractivity contribution in [3.63, 3.8) is 0 Å². The van der Waals surface area contributed by atoms with Gasteiger partial charge in [0, 0.05) is 26.2 Å². The van der Waals surface area contributed by atoms with E-state index >= 15 is 0 Å². The molecule has 0 aliphatic carbocycles. The number of aliphatic imine (C=N–C) groups is 1. The van der Waals surface area contributed by atoms with Gasteiger partial charge in [0.05, 0.1) is 16.6 Å². The van der Waals surface area contributed by atoms with Crippen molar-refractivity contribution in [2.75, 3.05) is 38.2 Å². The van der Waals surface area contributed by atoms with Gasteiger partial charge in [0.15, 0.2) is 5.96 Å². The highest BCUT2D eigenvalue weighted by Gasteiger charge is 2.20. The fourth-order valence-corrected chi connectivity index (χ4v) is 3.95. The quantitative estimate of drug-likeness (QED) is 0.448. The van der Waals surface area contributed by atoms with Crippen LogP contribution < -0.4 is 20.3 Å². The van der Waals surface area contributed by atoms with Crippen LogP contribution in [-0.2, 0) is 0 Å². The van der Waals surface area contributed by atoms with E-state index in [9.17, 15) is 0 Å². The predicted molar refractivity (Wildman–Crippen MR) is 111 cm³/mol. The summed E-state index contributed by atoms with van der Waals surface area (Å²) in [5, 5.41) is 11.0. The number of anilines is 1. The third-order valence-electron chi connectivity index (χ3n) is 4.37. The molecule has 1 fully saturated rings. The summed E-state index contributed by atoms with van der Waals surface area (Å²) < 4.78 is 5.69. The van der Waals surface area contributed by atoms with Gasteiger partial charge in [-0.1, -0.05) is 23.7 Å². The Kier molecular flexibility index (Phi) is 7.03. The molecule has 7 heteroatoms. The maximum absolute atomic E-state index is 6.09. The molecule has 1 aliphatic heterocycles.